The molecule has 0 spiro atoms. The van der Waals surface area contributed by atoms with Gasteiger partial charge in [0.1, 0.15) is 5.52 Å². The first-order valence-electron chi connectivity index (χ1n) is 15.9. The Balaban J connectivity index is 1.10. The number of unbranched alkanes of at least 4 members (excludes halogenated alkanes) is 1. The van der Waals surface area contributed by atoms with Crippen LogP contribution in [0.15, 0.2) is 59.8 Å². The number of amides is 2. The Labute approximate surface area is 265 Å². The maximum atomic E-state index is 13.0. The van der Waals surface area contributed by atoms with Gasteiger partial charge in [0.2, 0.25) is 17.0 Å². The second-order valence-electron chi connectivity index (χ2n) is 13.5. The Kier molecular flexibility index (Phi) is 10.2. The van der Waals surface area contributed by atoms with Gasteiger partial charge < -0.3 is 14.4 Å². The van der Waals surface area contributed by atoms with Crippen molar-refractivity contribution in [2.24, 2.45) is 11.3 Å². The van der Waals surface area contributed by atoms with Gasteiger partial charge in [-0.25, -0.2) is 4.98 Å². The predicted octanol–water partition coefficient (Wildman–Crippen LogP) is 6.81. The second-order valence-corrected chi connectivity index (χ2v) is 14.6. The zero-order chi connectivity index (χ0) is 31.3. The minimum absolute atomic E-state index is 0.0506. The maximum absolute atomic E-state index is 13.0. The molecule has 1 aliphatic heterocycles. The standard InChI is InChI=1S/C35H46N6O2S/c1-25(22-35(3,4)5)21-31(43)40-19-18-39(23-26(40)2)30(42)17-11-12-20-44-34-36-33-32(37-38-34)28-15-9-10-16-29(28)41(33)24-27-13-7-6-8-14-27/h6-10,13-16,25-26H,11-12,17-24H2,1-5H3. The minimum Gasteiger partial charge on any atom is -0.339 e. The highest BCUT2D eigenvalue weighted by Gasteiger charge is 2.30. The van der Waals surface area contributed by atoms with E-state index >= 15 is 0 Å². The van der Waals surface area contributed by atoms with Crippen LogP contribution in [0.25, 0.3) is 22.1 Å². The van der Waals surface area contributed by atoms with E-state index in [9.17, 15) is 9.59 Å². The molecule has 1 saturated heterocycles. The summed E-state index contributed by atoms with van der Waals surface area (Å²) in [6.07, 6.45) is 3.83. The first-order chi connectivity index (χ1) is 21.1. The molecule has 2 amide bonds. The summed E-state index contributed by atoms with van der Waals surface area (Å²) >= 11 is 1.59. The number of carbonyl (C=O) groups is 2. The van der Waals surface area contributed by atoms with Gasteiger partial charge in [0.05, 0.1) is 5.52 Å². The molecule has 2 aromatic heterocycles. The molecule has 2 unspecified atom stereocenters. The van der Waals surface area contributed by atoms with Gasteiger partial charge in [0.15, 0.2) is 5.65 Å². The molecule has 2 aromatic carbocycles. The number of thioether (sulfide) groups is 1. The molecule has 5 rings (SSSR count). The fourth-order valence-electron chi connectivity index (χ4n) is 6.46. The monoisotopic (exact) mass is 614 g/mol. The molecule has 0 bridgehead atoms. The zero-order valence-corrected chi connectivity index (χ0v) is 27.6. The number of para-hydroxylation sites is 1. The third kappa shape index (κ3) is 7.97. The number of piperazine rings is 1. The lowest BCUT2D eigenvalue weighted by molar-refractivity contribution is -0.143. The molecule has 2 atom stereocenters. The predicted molar refractivity (Wildman–Crippen MR) is 179 cm³/mol. The van der Waals surface area contributed by atoms with Crippen LogP contribution in [0, 0.1) is 11.3 Å². The lowest BCUT2D eigenvalue weighted by atomic mass is 9.84. The van der Waals surface area contributed by atoms with E-state index in [-0.39, 0.29) is 23.3 Å². The number of fused-ring (bicyclic) bond motifs is 3. The molecule has 44 heavy (non-hydrogen) atoms. The molecule has 0 N–H and O–H groups in total. The molecule has 1 aliphatic rings. The van der Waals surface area contributed by atoms with Crippen LogP contribution in [0.3, 0.4) is 0 Å². The Morgan fingerprint density at radius 2 is 1.73 bits per heavy atom. The van der Waals surface area contributed by atoms with Crippen LogP contribution in [-0.4, -0.2) is 72.8 Å². The summed E-state index contributed by atoms with van der Waals surface area (Å²) in [4.78, 5) is 34.8. The van der Waals surface area contributed by atoms with Crippen molar-refractivity contribution < 1.29 is 9.59 Å². The summed E-state index contributed by atoms with van der Waals surface area (Å²) in [5.41, 5.74) is 4.19. The number of aromatic nitrogens is 4. The van der Waals surface area contributed by atoms with Gasteiger partial charge in [-0.2, -0.15) is 0 Å². The zero-order valence-electron chi connectivity index (χ0n) is 26.8. The van der Waals surface area contributed by atoms with E-state index in [4.69, 9.17) is 4.98 Å². The largest absolute Gasteiger partial charge is 0.339 e. The van der Waals surface area contributed by atoms with Crippen LogP contribution >= 0.6 is 11.8 Å². The first kappa shape index (κ1) is 31.9. The number of nitrogens with zero attached hydrogens (tertiary/aromatic N) is 6. The minimum atomic E-state index is 0.0506. The van der Waals surface area contributed by atoms with Crippen LogP contribution in [0.4, 0.5) is 0 Å². The quantitative estimate of drug-likeness (QED) is 0.136. The normalized spacial score (nSPS) is 16.5. The van der Waals surface area contributed by atoms with Crippen LogP contribution in [0.2, 0.25) is 0 Å². The molecule has 1 fully saturated rings. The summed E-state index contributed by atoms with van der Waals surface area (Å²) in [5, 5.41) is 10.7. The van der Waals surface area contributed by atoms with Gasteiger partial charge in [-0.05, 0) is 49.1 Å². The third-order valence-electron chi connectivity index (χ3n) is 8.34. The number of hydrogen-bond acceptors (Lipinski definition) is 6. The van der Waals surface area contributed by atoms with Crippen molar-refractivity contribution in [1.82, 2.24) is 29.5 Å². The van der Waals surface area contributed by atoms with Crippen molar-refractivity contribution in [3.63, 3.8) is 0 Å². The Hall–Kier alpha value is -3.46. The van der Waals surface area contributed by atoms with Gasteiger partial charge in [0.25, 0.3) is 0 Å². The molecule has 0 aliphatic carbocycles. The summed E-state index contributed by atoms with van der Waals surface area (Å²) in [6, 6.07) is 18.7. The highest BCUT2D eigenvalue weighted by Crippen LogP contribution is 2.29. The average molecular weight is 615 g/mol. The van der Waals surface area contributed by atoms with E-state index < -0.39 is 0 Å². The summed E-state index contributed by atoms with van der Waals surface area (Å²) < 4.78 is 2.22. The van der Waals surface area contributed by atoms with Crippen molar-refractivity contribution in [2.75, 3.05) is 25.4 Å². The highest BCUT2D eigenvalue weighted by atomic mass is 32.2. The fraction of sp³-hybridized carbons (Fsp3) is 0.514. The lowest BCUT2D eigenvalue weighted by Gasteiger charge is -2.40. The molecule has 0 saturated carbocycles. The van der Waals surface area contributed by atoms with Crippen molar-refractivity contribution in [1.29, 1.82) is 0 Å². The molecule has 4 aromatic rings. The summed E-state index contributed by atoms with van der Waals surface area (Å²) in [7, 11) is 0. The molecule has 234 valence electrons. The Bertz CT molecular complexity index is 1580. The van der Waals surface area contributed by atoms with E-state index in [0.717, 1.165) is 47.1 Å². The van der Waals surface area contributed by atoms with E-state index in [2.05, 4.69) is 85.8 Å². The van der Waals surface area contributed by atoms with Gasteiger partial charge in [0, 0.05) is 56.2 Å². The lowest BCUT2D eigenvalue weighted by Crippen LogP contribution is -2.55. The molecule has 0 radical (unpaired) electrons. The van der Waals surface area contributed by atoms with Gasteiger partial charge in [-0.3, -0.25) is 9.59 Å². The van der Waals surface area contributed by atoms with Gasteiger partial charge in [-0.1, -0.05) is 88.0 Å². The van der Waals surface area contributed by atoms with Crippen molar-refractivity contribution >= 4 is 45.6 Å². The van der Waals surface area contributed by atoms with Crippen molar-refractivity contribution in [2.45, 2.75) is 84.5 Å². The molecular formula is C35H46N6O2S. The van der Waals surface area contributed by atoms with E-state index in [1.165, 1.54) is 5.56 Å². The van der Waals surface area contributed by atoms with Gasteiger partial charge in [-0.15, -0.1) is 10.2 Å². The maximum Gasteiger partial charge on any atom is 0.223 e. The number of carbonyl (C=O) groups excluding carboxylic acids is 2. The smallest absolute Gasteiger partial charge is 0.223 e. The van der Waals surface area contributed by atoms with E-state index in [0.29, 0.717) is 50.1 Å². The number of hydrogen-bond donors (Lipinski definition) is 0. The molecule has 9 heteroatoms. The topological polar surface area (TPSA) is 84.2 Å². The van der Waals surface area contributed by atoms with Crippen molar-refractivity contribution in [3.8, 4) is 0 Å². The number of rotatable bonds is 11. The first-order valence-corrected chi connectivity index (χ1v) is 16.9. The summed E-state index contributed by atoms with van der Waals surface area (Å²) in [5.74, 6) is 1.58. The molecule has 3 heterocycles. The number of benzene rings is 2. The summed E-state index contributed by atoms with van der Waals surface area (Å²) in [6.45, 7) is 13.5. The Morgan fingerprint density at radius 1 is 0.977 bits per heavy atom. The van der Waals surface area contributed by atoms with Crippen LogP contribution in [0.1, 0.15) is 72.3 Å². The molecular weight excluding hydrogens is 568 g/mol. The van der Waals surface area contributed by atoms with Gasteiger partial charge >= 0.3 is 0 Å². The van der Waals surface area contributed by atoms with E-state index in [1.54, 1.807) is 11.8 Å². The molecule has 8 nitrogen and oxygen atoms in total. The third-order valence-corrected chi connectivity index (χ3v) is 9.26. The second kappa shape index (κ2) is 14.1. The van der Waals surface area contributed by atoms with Crippen LogP contribution in [-0.2, 0) is 16.1 Å². The van der Waals surface area contributed by atoms with E-state index in [1.807, 2.05) is 28.0 Å². The van der Waals surface area contributed by atoms with Crippen LogP contribution in [0.5, 0.6) is 0 Å². The highest BCUT2D eigenvalue weighted by molar-refractivity contribution is 7.99. The van der Waals surface area contributed by atoms with Crippen molar-refractivity contribution in [3.05, 3.63) is 60.2 Å². The van der Waals surface area contributed by atoms with Crippen LogP contribution < -0.4 is 0 Å². The Morgan fingerprint density at radius 3 is 2.48 bits per heavy atom. The fourth-order valence-corrected chi connectivity index (χ4v) is 7.24. The SMILES string of the molecule is CC(CC(=O)N1CCN(C(=O)CCCCSc2nnc3c4ccccc4n(Cc4ccccc4)c3n2)CC1C)CC(C)(C)C. The average Bonchev–Trinajstić information content (AvgIpc) is 3.29.